The summed E-state index contributed by atoms with van der Waals surface area (Å²) in [7, 11) is 0. The summed E-state index contributed by atoms with van der Waals surface area (Å²) < 4.78 is 19.0. The van der Waals surface area contributed by atoms with Gasteiger partial charge < -0.3 is 15.4 Å². The lowest BCUT2D eigenvalue weighted by atomic mass is 10.2. The normalized spacial score (nSPS) is 10.6. The minimum atomic E-state index is -0.515. The standard InChI is InChI=1S/C22H22FN3O3S/c1-15-2-8-19(9-3-15)29-13-21-25-17(14-30-21)12-22(28)26(11-10-20(24)27)18-6-4-16(23)5-7-18/h2-9,14H,10-13H2,1H3,(H2,24,27). The molecule has 156 valence electrons. The van der Waals surface area contributed by atoms with E-state index >= 15 is 0 Å². The number of carbonyl (C=O) groups is 2. The molecule has 1 aromatic heterocycles. The fraction of sp³-hybridized carbons (Fsp3) is 0.227. The van der Waals surface area contributed by atoms with Crippen molar-refractivity contribution in [2.45, 2.75) is 26.4 Å². The minimum Gasteiger partial charge on any atom is -0.486 e. The highest BCUT2D eigenvalue weighted by molar-refractivity contribution is 7.09. The van der Waals surface area contributed by atoms with Gasteiger partial charge in [-0.25, -0.2) is 9.37 Å². The van der Waals surface area contributed by atoms with Crippen LogP contribution in [0.5, 0.6) is 5.75 Å². The number of ether oxygens (including phenoxy) is 1. The van der Waals surface area contributed by atoms with Crippen LogP contribution < -0.4 is 15.4 Å². The number of aryl methyl sites for hydroxylation is 1. The van der Waals surface area contributed by atoms with Crippen LogP contribution in [-0.2, 0) is 22.6 Å². The molecular formula is C22H22FN3O3S. The Morgan fingerprint density at radius 3 is 2.50 bits per heavy atom. The summed E-state index contributed by atoms with van der Waals surface area (Å²) >= 11 is 1.41. The van der Waals surface area contributed by atoms with Crippen LogP contribution in [-0.4, -0.2) is 23.3 Å². The van der Waals surface area contributed by atoms with Crippen LogP contribution in [0.15, 0.2) is 53.9 Å². The van der Waals surface area contributed by atoms with E-state index < -0.39 is 11.7 Å². The predicted molar refractivity (Wildman–Crippen MR) is 114 cm³/mol. The molecule has 0 aliphatic heterocycles. The number of carbonyl (C=O) groups excluding carboxylic acids is 2. The molecule has 0 saturated carbocycles. The molecule has 0 aliphatic rings. The number of hydrogen-bond acceptors (Lipinski definition) is 5. The van der Waals surface area contributed by atoms with Gasteiger partial charge >= 0.3 is 0 Å². The van der Waals surface area contributed by atoms with Crippen LogP contribution in [0.1, 0.15) is 22.7 Å². The molecule has 0 aliphatic carbocycles. The molecular weight excluding hydrogens is 405 g/mol. The molecule has 3 rings (SSSR count). The van der Waals surface area contributed by atoms with Crippen LogP contribution in [0.25, 0.3) is 0 Å². The molecule has 0 unspecified atom stereocenters. The van der Waals surface area contributed by atoms with Crippen molar-refractivity contribution in [3.63, 3.8) is 0 Å². The molecule has 0 fully saturated rings. The lowest BCUT2D eigenvalue weighted by Gasteiger charge is -2.22. The molecule has 2 aromatic carbocycles. The van der Waals surface area contributed by atoms with Crippen molar-refractivity contribution >= 4 is 28.8 Å². The maximum atomic E-state index is 13.2. The summed E-state index contributed by atoms with van der Waals surface area (Å²) in [5, 5.41) is 2.56. The lowest BCUT2D eigenvalue weighted by Crippen LogP contribution is -2.35. The number of halogens is 1. The summed E-state index contributed by atoms with van der Waals surface area (Å²) in [6.07, 6.45) is 0.0625. The third kappa shape index (κ3) is 6.12. The molecule has 0 spiro atoms. The van der Waals surface area contributed by atoms with Crippen molar-refractivity contribution in [1.29, 1.82) is 0 Å². The van der Waals surface area contributed by atoms with Gasteiger partial charge in [-0.15, -0.1) is 11.3 Å². The summed E-state index contributed by atoms with van der Waals surface area (Å²) in [6.45, 7) is 2.44. The predicted octanol–water partition coefficient (Wildman–Crippen LogP) is 3.62. The number of nitrogens with zero attached hydrogens (tertiary/aromatic N) is 2. The van der Waals surface area contributed by atoms with E-state index in [9.17, 15) is 14.0 Å². The number of benzene rings is 2. The topological polar surface area (TPSA) is 85.5 Å². The largest absolute Gasteiger partial charge is 0.486 e. The van der Waals surface area contributed by atoms with E-state index in [0.29, 0.717) is 18.0 Å². The average Bonchev–Trinajstić information content (AvgIpc) is 3.16. The van der Waals surface area contributed by atoms with Crippen molar-refractivity contribution < 1.29 is 18.7 Å². The number of primary amides is 1. The molecule has 3 aromatic rings. The fourth-order valence-electron chi connectivity index (χ4n) is 2.77. The molecule has 1 heterocycles. The Morgan fingerprint density at radius 1 is 1.13 bits per heavy atom. The first-order chi connectivity index (χ1) is 14.4. The van der Waals surface area contributed by atoms with Gasteiger partial charge in [0, 0.05) is 24.0 Å². The summed E-state index contributed by atoms with van der Waals surface area (Å²) in [5.74, 6) is -0.417. The van der Waals surface area contributed by atoms with Crippen LogP contribution in [0.2, 0.25) is 0 Å². The van der Waals surface area contributed by atoms with Gasteiger partial charge in [0.2, 0.25) is 11.8 Å². The third-order valence-electron chi connectivity index (χ3n) is 4.34. The van der Waals surface area contributed by atoms with Gasteiger partial charge in [0.25, 0.3) is 0 Å². The maximum absolute atomic E-state index is 13.2. The Morgan fingerprint density at radius 2 is 1.83 bits per heavy atom. The summed E-state index contributed by atoms with van der Waals surface area (Å²) in [6, 6.07) is 13.3. The van der Waals surface area contributed by atoms with Crippen molar-refractivity contribution in [2.24, 2.45) is 5.73 Å². The first-order valence-electron chi connectivity index (χ1n) is 9.37. The highest BCUT2D eigenvalue weighted by Crippen LogP contribution is 2.19. The minimum absolute atomic E-state index is 0.00974. The van der Waals surface area contributed by atoms with E-state index in [4.69, 9.17) is 10.5 Å². The smallest absolute Gasteiger partial charge is 0.233 e. The summed E-state index contributed by atoms with van der Waals surface area (Å²) in [4.78, 5) is 29.9. The first kappa shape index (κ1) is 21.4. The summed E-state index contributed by atoms with van der Waals surface area (Å²) in [5.41, 5.74) is 7.49. The number of aromatic nitrogens is 1. The molecule has 0 atom stereocenters. The Labute approximate surface area is 178 Å². The van der Waals surface area contributed by atoms with Crippen LogP contribution in [0.3, 0.4) is 0 Å². The maximum Gasteiger partial charge on any atom is 0.233 e. The number of anilines is 1. The average molecular weight is 428 g/mol. The van der Waals surface area contributed by atoms with E-state index in [2.05, 4.69) is 4.98 Å². The molecule has 0 bridgehead atoms. The first-order valence-corrected chi connectivity index (χ1v) is 10.3. The monoisotopic (exact) mass is 427 g/mol. The fourth-order valence-corrected chi connectivity index (χ4v) is 3.47. The Balaban J connectivity index is 1.64. The molecule has 30 heavy (non-hydrogen) atoms. The molecule has 6 nitrogen and oxygen atoms in total. The van der Waals surface area contributed by atoms with Gasteiger partial charge in [-0.1, -0.05) is 17.7 Å². The molecule has 2 N–H and O–H groups in total. The molecule has 0 radical (unpaired) electrons. The second-order valence-corrected chi connectivity index (χ2v) is 7.69. The van der Waals surface area contributed by atoms with Gasteiger partial charge in [-0.2, -0.15) is 0 Å². The van der Waals surface area contributed by atoms with E-state index in [-0.39, 0.29) is 25.3 Å². The molecule has 8 heteroatoms. The highest BCUT2D eigenvalue weighted by atomic mass is 32.1. The zero-order valence-corrected chi connectivity index (χ0v) is 17.3. The quantitative estimate of drug-likeness (QED) is 0.565. The van der Waals surface area contributed by atoms with Gasteiger partial charge in [0.1, 0.15) is 23.2 Å². The Bertz CT molecular complexity index is 1000. The van der Waals surface area contributed by atoms with E-state index in [0.717, 1.165) is 16.3 Å². The van der Waals surface area contributed by atoms with Crippen LogP contribution in [0.4, 0.5) is 10.1 Å². The van der Waals surface area contributed by atoms with Crippen LogP contribution >= 0.6 is 11.3 Å². The number of amides is 2. The highest BCUT2D eigenvalue weighted by Gasteiger charge is 2.18. The van der Waals surface area contributed by atoms with Gasteiger partial charge in [0.15, 0.2) is 0 Å². The van der Waals surface area contributed by atoms with E-state index in [1.54, 1.807) is 0 Å². The van der Waals surface area contributed by atoms with Gasteiger partial charge in [-0.3, -0.25) is 9.59 Å². The molecule has 0 saturated heterocycles. The lowest BCUT2D eigenvalue weighted by molar-refractivity contribution is -0.118. The number of rotatable bonds is 9. The van der Waals surface area contributed by atoms with Crippen LogP contribution in [0, 0.1) is 12.7 Å². The van der Waals surface area contributed by atoms with Gasteiger partial charge in [-0.05, 0) is 43.3 Å². The second kappa shape index (κ2) is 9.98. The Kier molecular flexibility index (Phi) is 7.13. The van der Waals surface area contributed by atoms with Gasteiger partial charge in [0.05, 0.1) is 12.1 Å². The molecule has 2 amide bonds. The Hall–Kier alpha value is -3.26. The SMILES string of the molecule is Cc1ccc(OCc2nc(CC(=O)N(CCC(N)=O)c3ccc(F)cc3)cs2)cc1. The zero-order chi connectivity index (χ0) is 21.5. The van der Waals surface area contributed by atoms with Crippen molar-refractivity contribution in [2.75, 3.05) is 11.4 Å². The van der Waals surface area contributed by atoms with E-state index in [1.165, 1.54) is 40.5 Å². The second-order valence-electron chi connectivity index (χ2n) is 6.75. The van der Waals surface area contributed by atoms with Crippen molar-refractivity contribution in [3.05, 3.63) is 76.0 Å². The third-order valence-corrected chi connectivity index (χ3v) is 5.21. The number of thiazole rings is 1. The van der Waals surface area contributed by atoms with Crippen molar-refractivity contribution in [1.82, 2.24) is 4.98 Å². The van der Waals surface area contributed by atoms with Crippen molar-refractivity contribution in [3.8, 4) is 5.75 Å². The zero-order valence-electron chi connectivity index (χ0n) is 16.5. The van der Waals surface area contributed by atoms with E-state index in [1.807, 2.05) is 36.6 Å². The number of hydrogen-bond donors (Lipinski definition) is 1. The number of nitrogens with two attached hydrogens (primary N) is 1.